The van der Waals surface area contributed by atoms with Gasteiger partial charge in [-0.25, -0.2) is 0 Å². The molecule has 2 aromatic rings. The Kier molecular flexibility index (Phi) is 3.08. The third-order valence-electron chi connectivity index (χ3n) is 4.39. The lowest BCUT2D eigenvalue weighted by atomic mass is 9.76. The summed E-state index contributed by atoms with van der Waals surface area (Å²) in [5.41, 5.74) is 4.55. The minimum absolute atomic E-state index is 0.149. The van der Waals surface area contributed by atoms with Crippen molar-refractivity contribution in [2.75, 3.05) is 5.32 Å². The maximum Gasteiger partial charge on any atom is 0.233 e. The highest BCUT2D eigenvalue weighted by Crippen LogP contribution is 2.46. The van der Waals surface area contributed by atoms with Gasteiger partial charge in [0.15, 0.2) is 5.78 Å². The molecule has 0 spiro atoms. The van der Waals surface area contributed by atoms with Gasteiger partial charge in [0.2, 0.25) is 5.88 Å². The Morgan fingerprint density at radius 2 is 2.23 bits per heavy atom. The predicted molar refractivity (Wildman–Crippen MR) is 84.0 cm³/mol. The zero-order valence-electron chi connectivity index (χ0n) is 12.1. The number of hydrogen-bond acceptors (Lipinski definition) is 4. The van der Waals surface area contributed by atoms with Gasteiger partial charge in [-0.3, -0.25) is 4.79 Å². The summed E-state index contributed by atoms with van der Waals surface area (Å²) in [6, 6.07) is 7.67. The second-order valence-electron chi connectivity index (χ2n) is 5.79. The number of carbonyl (C=O) groups excluding carboxylic acids is 1. The molecule has 1 aromatic carbocycles. The Morgan fingerprint density at radius 1 is 1.36 bits per heavy atom. The first kappa shape index (κ1) is 13.6. The monoisotopic (exact) mass is 314 g/mol. The molecule has 0 unspecified atom stereocenters. The van der Waals surface area contributed by atoms with Crippen molar-refractivity contribution >= 4 is 23.3 Å². The van der Waals surface area contributed by atoms with Crippen LogP contribution in [0, 0.1) is 6.92 Å². The summed E-state index contributed by atoms with van der Waals surface area (Å²) in [5.74, 6) is 0.699. The lowest BCUT2D eigenvalue weighted by Gasteiger charge is -2.31. The summed E-state index contributed by atoms with van der Waals surface area (Å²) in [6.45, 7) is 1.90. The Morgan fingerprint density at radius 3 is 3.05 bits per heavy atom. The molecule has 22 heavy (non-hydrogen) atoms. The number of Topliss-reactive ketones (excluding diaryl/α,β-unsaturated/α-hetero) is 1. The van der Waals surface area contributed by atoms with Crippen molar-refractivity contribution in [2.24, 2.45) is 0 Å². The second kappa shape index (κ2) is 4.99. The zero-order chi connectivity index (χ0) is 15.3. The molecule has 0 amide bonds. The molecule has 0 saturated carbocycles. The highest BCUT2D eigenvalue weighted by Gasteiger charge is 2.38. The van der Waals surface area contributed by atoms with Crippen LogP contribution in [0.4, 0.5) is 5.88 Å². The molecule has 1 atom stereocenters. The predicted octanol–water partition coefficient (Wildman–Crippen LogP) is 4.20. The molecule has 0 bridgehead atoms. The fraction of sp³-hybridized carbons (Fsp3) is 0.294. The number of aryl methyl sites for hydroxylation is 1. The first-order chi connectivity index (χ1) is 10.6. The van der Waals surface area contributed by atoms with E-state index >= 15 is 0 Å². The van der Waals surface area contributed by atoms with Crippen LogP contribution in [0.3, 0.4) is 0 Å². The van der Waals surface area contributed by atoms with Crippen molar-refractivity contribution in [3.05, 3.63) is 57.4 Å². The highest BCUT2D eigenvalue weighted by atomic mass is 35.5. The first-order valence-corrected chi connectivity index (χ1v) is 7.78. The van der Waals surface area contributed by atoms with Gasteiger partial charge in [0.05, 0.1) is 11.3 Å². The smallest absolute Gasteiger partial charge is 0.233 e. The van der Waals surface area contributed by atoms with Gasteiger partial charge >= 0.3 is 0 Å². The summed E-state index contributed by atoms with van der Waals surface area (Å²) < 4.78 is 5.41. The van der Waals surface area contributed by atoms with E-state index in [0.29, 0.717) is 17.3 Å². The van der Waals surface area contributed by atoms with E-state index in [1.165, 1.54) is 0 Å². The Balaban J connectivity index is 1.96. The minimum atomic E-state index is -0.149. The van der Waals surface area contributed by atoms with Gasteiger partial charge in [-0.2, -0.15) is 0 Å². The zero-order valence-corrected chi connectivity index (χ0v) is 12.9. The van der Waals surface area contributed by atoms with Crippen LogP contribution in [-0.2, 0) is 4.79 Å². The highest BCUT2D eigenvalue weighted by molar-refractivity contribution is 6.30. The number of nitrogens with one attached hydrogen (secondary N) is 1. The van der Waals surface area contributed by atoms with Gasteiger partial charge in [-0.15, -0.1) is 0 Å². The van der Waals surface area contributed by atoms with E-state index in [1.807, 2.05) is 31.2 Å². The number of aromatic nitrogens is 1. The topological polar surface area (TPSA) is 55.1 Å². The molecule has 0 radical (unpaired) electrons. The van der Waals surface area contributed by atoms with Crippen LogP contribution in [0.1, 0.15) is 42.0 Å². The van der Waals surface area contributed by atoms with Crippen LogP contribution < -0.4 is 5.32 Å². The average molecular weight is 315 g/mol. The second-order valence-corrected chi connectivity index (χ2v) is 6.23. The largest absolute Gasteiger partial charge is 0.338 e. The summed E-state index contributed by atoms with van der Waals surface area (Å²) in [5, 5.41) is 8.00. The van der Waals surface area contributed by atoms with E-state index < -0.39 is 0 Å². The van der Waals surface area contributed by atoms with Crippen LogP contribution in [-0.4, -0.2) is 10.9 Å². The SMILES string of the molecule is Cc1noc2c1[C@@H](c1cccc(Cl)c1)C1=C(CCCC1=O)N2. The Hall–Kier alpha value is -2.07. The van der Waals surface area contributed by atoms with E-state index in [4.69, 9.17) is 16.1 Å². The molecule has 4 rings (SSSR count). The number of anilines is 1. The van der Waals surface area contributed by atoms with Crippen molar-refractivity contribution in [3.63, 3.8) is 0 Å². The molecular weight excluding hydrogens is 300 g/mol. The number of rotatable bonds is 1. The summed E-state index contributed by atoms with van der Waals surface area (Å²) in [7, 11) is 0. The van der Waals surface area contributed by atoms with Crippen LogP contribution in [0.25, 0.3) is 0 Å². The van der Waals surface area contributed by atoms with Crippen LogP contribution in [0.15, 0.2) is 40.1 Å². The minimum Gasteiger partial charge on any atom is -0.338 e. The number of carbonyl (C=O) groups is 1. The summed E-state index contributed by atoms with van der Waals surface area (Å²) in [4.78, 5) is 12.6. The average Bonchev–Trinajstić information content (AvgIpc) is 2.87. The number of allylic oxidation sites excluding steroid dienone is 2. The third kappa shape index (κ3) is 1.98. The Bertz CT molecular complexity index is 807. The van der Waals surface area contributed by atoms with Crippen molar-refractivity contribution in [2.45, 2.75) is 32.1 Å². The van der Waals surface area contributed by atoms with Crippen molar-refractivity contribution < 1.29 is 9.32 Å². The number of benzene rings is 1. The number of fused-ring (bicyclic) bond motifs is 1. The standard InChI is InChI=1S/C17H15ClN2O2/c1-9-14-15(10-4-2-5-11(18)8-10)16-12(6-3-7-13(16)21)19-17(14)22-20-9/h2,4-5,8,15,19H,3,6-7H2,1H3/t15-/m1/s1. The molecule has 2 aliphatic rings. The molecular formula is C17H15ClN2O2. The lowest BCUT2D eigenvalue weighted by molar-refractivity contribution is -0.116. The molecule has 0 saturated heterocycles. The van der Waals surface area contributed by atoms with E-state index in [-0.39, 0.29) is 11.7 Å². The quantitative estimate of drug-likeness (QED) is 0.857. The van der Waals surface area contributed by atoms with Gasteiger partial charge in [0.1, 0.15) is 0 Å². The molecule has 1 aliphatic heterocycles. The fourth-order valence-corrected chi connectivity index (χ4v) is 3.63. The van der Waals surface area contributed by atoms with Gasteiger partial charge in [-0.05, 0) is 37.5 Å². The van der Waals surface area contributed by atoms with Gasteiger partial charge in [0.25, 0.3) is 0 Å². The maximum absolute atomic E-state index is 12.6. The fourth-order valence-electron chi connectivity index (χ4n) is 3.44. The summed E-state index contributed by atoms with van der Waals surface area (Å²) in [6.07, 6.45) is 2.32. The van der Waals surface area contributed by atoms with Gasteiger partial charge < -0.3 is 9.84 Å². The maximum atomic E-state index is 12.6. The first-order valence-electron chi connectivity index (χ1n) is 7.40. The third-order valence-corrected chi connectivity index (χ3v) is 4.62. The Labute approximate surface area is 133 Å². The van der Waals surface area contributed by atoms with Gasteiger partial charge in [-0.1, -0.05) is 28.9 Å². The van der Waals surface area contributed by atoms with Crippen molar-refractivity contribution in [1.82, 2.24) is 5.16 Å². The van der Waals surface area contributed by atoms with E-state index in [2.05, 4.69) is 10.5 Å². The van der Waals surface area contributed by atoms with Crippen LogP contribution in [0.5, 0.6) is 0 Å². The number of hydrogen-bond donors (Lipinski definition) is 1. The van der Waals surface area contributed by atoms with Crippen molar-refractivity contribution in [3.8, 4) is 0 Å². The number of nitrogens with zero attached hydrogens (tertiary/aromatic N) is 1. The molecule has 5 heteroatoms. The molecule has 0 fully saturated rings. The van der Waals surface area contributed by atoms with E-state index in [9.17, 15) is 4.79 Å². The van der Waals surface area contributed by atoms with E-state index in [0.717, 1.165) is 40.9 Å². The molecule has 4 nitrogen and oxygen atoms in total. The van der Waals surface area contributed by atoms with Crippen LogP contribution in [0.2, 0.25) is 5.02 Å². The summed E-state index contributed by atoms with van der Waals surface area (Å²) >= 11 is 6.16. The number of ketones is 1. The normalized spacial score (nSPS) is 20.5. The molecule has 2 heterocycles. The van der Waals surface area contributed by atoms with Crippen LogP contribution >= 0.6 is 11.6 Å². The molecule has 112 valence electrons. The lowest BCUT2D eigenvalue weighted by Crippen LogP contribution is -2.26. The molecule has 1 aliphatic carbocycles. The molecule has 1 N–H and O–H groups in total. The van der Waals surface area contributed by atoms with Gasteiger partial charge in [0, 0.05) is 28.6 Å². The van der Waals surface area contributed by atoms with Crippen molar-refractivity contribution in [1.29, 1.82) is 0 Å². The van der Waals surface area contributed by atoms with E-state index in [1.54, 1.807) is 0 Å². The number of halogens is 1. The molecule has 1 aromatic heterocycles.